The van der Waals surface area contributed by atoms with E-state index in [1.54, 1.807) is 11.0 Å². The molecule has 2 unspecified atom stereocenters. The van der Waals surface area contributed by atoms with Crippen LogP contribution in [0.2, 0.25) is 5.02 Å². The van der Waals surface area contributed by atoms with Crippen LogP contribution in [-0.4, -0.2) is 31.0 Å². The minimum atomic E-state index is -0.494. The molecular weight excluding hydrogens is 336 g/mol. The number of aromatic nitrogens is 4. The first-order chi connectivity index (χ1) is 11.9. The second kappa shape index (κ2) is 7.18. The summed E-state index contributed by atoms with van der Waals surface area (Å²) in [7, 11) is 0. The number of para-hydroxylation sites is 1. The number of hydrogen-bond donors (Lipinski definition) is 2. The zero-order valence-corrected chi connectivity index (χ0v) is 15.7. The van der Waals surface area contributed by atoms with Crippen molar-refractivity contribution >= 4 is 22.5 Å². The zero-order chi connectivity index (χ0) is 18.0. The van der Waals surface area contributed by atoms with Crippen LogP contribution in [0, 0.1) is 5.41 Å². The third-order valence-corrected chi connectivity index (χ3v) is 4.95. The van der Waals surface area contributed by atoms with Gasteiger partial charge in [-0.15, -0.1) is 0 Å². The van der Waals surface area contributed by atoms with Crippen molar-refractivity contribution in [2.45, 2.75) is 52.2 Å². The van der Waals surface area contributed by atoms with Gasteiger partial charge in [-0.3, -0.25) is 0 Å². The summed E-state index contributed by atoms with van der Waals surface area (Å²) in [6, 6.07) is 7.97. The Morgan fingerprint density at radius 1 is 1.32 bits per heavy atom. The number of hydrogen-bond acceptors (Lipinski definition) is 3. The smallest absolute Gasteiger partial charge is 0.137 e. The van der Waals surface area contributed by atoms with Crippen LogP contribution in [0.1, 0.15) is 45.3 Å². The molecule has 3 rings (SSSR count). The number of nitrogens with zero attached hydrogens (tertiary/aromatic N) is 3. The number of aliphatic hydroxyl groups is 1. The molecule has 2 heterocycles. The highest BCUT2D eigenvalue weighted by atomic mass is 35.5. The summed E-state index contributed by atoms with van der Waals surface area (Å²) in [4.78, 5) is 7.43. The van der Waals surface area contributed by atoms with Crippen LogP contribution in [0.25, 0.3) is 10.9 Å². The molecule has 0 fully saturated rings. The van der Waals surface area contributed by atoms with E-state index in [1.165, 1.54) is 6.33 Å². The lowest BCUT2D eigenvalue weighted by Gasteiger charge is -2.33. The van der Waals surface area contributed by atoms with Gasteiger partial charge in [-0.1, -0.05) is 44.5 Å². The van der Waals surface area contributed by atoms with E-state index in [0.717, 1.165) is 40.9 Å². The Labute approximate surface area is 153 Å². The van der Waals surface area contributed by atoms with E-state index in [0.29, 0.717) is 0 Å². The van der Waals surface area contributed by atoms with Crippen LogP contribution in [0.5, 0.6) is 0 Å². The maximum atomic E-state index is 10.8. The lowest BCUT2D eigenvalue weighted by Crippen LogP contribution is -2.36. The van der Waals surface area contributed by atoms with Gasteiger partial charge < -0.3 is 10.1 Å². The Morgan fingerprint density at radius 2 is 2.12 bits per heavy atom. The molecule has 0 spiro atoms. The van der Waals surface area contributed by atoms with Crippen molar-refractivity contribution in [2.75, 3.05) is 0 Å². The summed E-state index contributed by atoms with van der Waals surface area (Å²) in [5.74, 6) is 0. The number of nitrogens with one attached hydrogen (secondary N) is 1. The minimum Gasteiger partial charge on any atom is -0.390 e. The average molecular weight is 361 g/mol. The van der Waals surface area contributed by atoms with Crippen LogP contribution in [-0.2, 0) is 6.42 Å². The van der Waals surface area contributed by atoms with Gasteiger partial charge in [0, 0.05) is 11.1 Å². The Balaban J connectivity index is 1.69. The zero-order valence-electron chi connectivity index (χ0n) is 14.9. The highest BCUT2D eigenvalue weighted by molar-refractivity contribution is 6.35. The Kier molecular flexibility index (Phi) is 5.16. The first kappa shape index (κ1) is 18.0. The Bertz CT molecular complexity index is 820. The van der Waals surface area contributed by atoms with E-state index in [1.807, 2.05) is 32.9 Å². The quantitative estimate of drug-likeness (QED) is 0.685. The van der Waals surface area contributed by atoms with E-state index in [-0.39, 0.29) is 11.5 Å². The first-order valence-corrected chi connectivity index (χ1v) is 9.02. The Hall–Kier alpha value is -1.85. The number of rotatable bonds is 6. The van der Waals surface area contributed by atoms with Crippen LogP contribution in [0.15, 0.2) is 36.9 Å². The molecule has 6 heteroatoms. The number of aromatic amines is 1. The average Bonchev–Trinajstić information content (AvgIpc) is 3.20. The molecule has 0 amide bonds. The van der Waals surface area contributed by atoms with Crippen LogP contribution < -0.4 is 0 Å². The molecular formula is C19H25ClN4O. The van der Waals surface area contributed by atoms with Gasteiger partial charge in [0.15, 0.2) is 0 Å². The van der Waals surface area contributed by atoms with Crippen molar-refractivity contribution < 1.29 is 5.11 Å². The van der Waals surface area contributed by atoms with Crippen molar-refractivity contribution in [3.8, 4) is 0 Å². The number of H-pyrrole nitrogens is 1. The molecule has 0 saturated carbocycles. The third-order valence-electron chi connectivity index (χ3n) is 4.64. The molecule has 0 saturated heterocycles. The van der Waals surface area contributed by atoms with Crippen molar-refractivity contribution in [2.24, 2.45) is 5.41 Å². The maximum absolute atomic E-state index is 10.8. The lowest BCUT2D eigenvalue weighted by atomic mass is 9.83. The predicted octanol–water partition coefficient (Wildman–Crippen LogP) is 4.38. The van der Waals surface area contributed by atoms with Gasteiger partial charge in [-0.25, -0.2) is 9.67 Å². The second-order valence-electron chi connectivity index (χ2n) is 7.64. The minimum absolute atomic E-state index is 0.0875. The monoisotopic (exact) mass is 360 g/mol. The SMILES string of the molecule is CC(C)(C)C(O)C(CCCc1cc2cccc(Cl)c2[nH]1)n1cncn1. The van der Waals surface area contributed by atoms with Gasteiger partial charge in [-0.05, 0) is 36.8 Å². The molecule has 2 atom stereocenters. The van der Waals surface area contributed by atoms with E-state index in [2.05, 4.69) is 27.2 Å². The van der Waals surface area contributed by atoms with Crippen molar-refractivity contribution in [3.63, 3.8) is 0 Å². The maximum Gasteiger partial charge on any atom is 0.137 e. The molecule has 2 N–H and O–H groups in total. The molecule has 0 bridgehead atoms. The molecule has 25 heavy (non-hydrogen) atoms. The molecule has 3 aromatic rings. The highest BCUT2D eigenvalue weighted by Gasteiger charge is 2.31. The summed E-state index contributed by atoms with van der Waals surface area (Å²) in [6.45, 7) is 6.13. The summed E-state index contributed by atoms with van der Waals surface area (Å²) >= 11 is 6.23. The molecule has 134 valence electrons. The highest BCUT2D eigenvalue weighted by Crippen LogP contribution is 2.31. The van der Waals surface area contributed by atoms with E-state index >= 15 is 0 Å². The number of halogens is 1. The first-order valence-electron chi connectivity index (χ1n) is 8.64. The van der Waals surface area contributed by atoms with Gasteiger partial charge in [0.1, 0.15) is 12.7 Å². The van der Waals surface area contributed by atoms with E-state index in [9.17, 15) is 5.11 Å². The number of benzene rings is 1. The largest absolute Gasteiger partial charge is 0.390 e. The predicted molar refractivity (Wildman–Crippen MR) is 101 cm³/mol. The van der Waals surface area contributed by atoms with Crippen molar-refractivity contribution in [3.05, 3.63) is 47.6 Å². The second-order valence-corrected chi connectivity index (χ2v) is 8.05. The fraction of sp³-hybridized carbons (Fsp3) is 0.474. The standard InChI is InChI=1S/C19H25ClN4O/c1-19(2,3)18(25)16(24-12-21-11-22-24)9-5-7-14-10-13-6-4-8-15(20)17(13)23-14/h4,6,8,10-12,16,18,23,25H,5,7,9H2,1-3H3. The fourth-order valence-electron chi connectivity index (χ4n) is 3.21. The van der Waals surface area contributed by atoms with Gasteiger partial charge in [0.05, 0.1) is 22.7 Å². The van der Waals surface area contributed by atoms with Crippen molar-refractivity contribution in [1.29, 1.82) is 0 Å². The summed E-state index contributed by atoms with van der Waals surface area (Å²) in [5, 5.41) is 16.9. The van der Waals surface area contributed by atoms with Crippen molar-refractivity contribution in [1.82, 2.24) is 19.7 Å². The molecule has 0 aliphatic carbocycles. The van der Waals surface area contributed by atoms with Gasteiger partial charge >= 0.3 is 0 Å². The molecule has 5 nitrogen and oxygen atoms in total. The van der Waals surface area contributed by atoms with E-state index < -0.39 is 6.10 Å². The topological polar surface area (TPSA) is 66.7 Å². The molecule has 0 aliphatic heterocycles. The normalized spacial score (nSPS) is 14.8. The number of aryl methyl sites for hydroxylation is 1. The summed E-state index contributed by atoms with van der Waals surface area (Å²) < 4.78 is 1.78. The number of aliphatic hydroxyl groups excluding tert-OH is 1. The van der Waals surface area contributed by atoms with Crippen LogP contribution >= 0.6 is 11.6 Å². The summed E-state index contributed by atoms with van der Waals surface area (Å²) in [6.07, 6.45) is 5.36. The van der Waals surface area contributed by atoms with Crippen LogP contribution in [0.4, 0.5) is 0 Å². The Morgan fingerprint density at radius 3 is 2.76 bits per heavy atom. The summed E-state index contributed by atoms with van der Waals surface area (Å²) in [5.41, 5.74) is 1.93. The van der Waals surface area contributed by atoms with E-state index in [4.69, 9.17) is 11.6 Å². The molecule has 0 radical (unpaired) electrons. The van der Waals surface area contributed by atoms with Crippen LogP contribution in [0.3, 0.4) is 0 Å². The lowest BCUT2D eigenvalue weighted by molar-refractivity contribution is 0.00868. The number of fused-ring (bicyclic) bond motifs is 1. The van der Waals surface area contributed by atoms with Gasteiger partial charge in [-0.2, -0.15) is 5.10 Å². The van der Waals surface area contributed by atoms with Gasteiger partial charge in [0.2, 0.25) is 0 Å². The third kappa shape index (κ3) is 4.05. The fourth-order valence-corrected chi connectivity index (χ4v) is 3.44. The van der Waals surface area contributed by atoms with Gasteiger partial charge in [0.25, 0.3) is 0 Å². The molecule has 2 aromatic heterocycles. The molecule has 0 aliphatic rings. The molecule has 1 aromatic carbocycles.